The summed E-state index contributed by atoms with van der Waals surface area (Å²) in [5.74, 6) is -0.586. The molecular formula is C22H17Cl2F5N4O2S. The molecule has 1 aliphatic carbocycles. The molecule has 0 aliphatic heterocycles. The molecule has 6 nitrogen and oxygen atoms in total. The molecule has 1 aromatic heterocycles. The largest absolute Gasteiger partial charge is 0.468 e. The minimum atomic E-state index is -10.1. The summed E-state index contributed by atoms with van der Waals surface area (Å²) in [5, 5.41) is 15.4. The van der Waals surface area contributed by atoms with Crippen molar-refractivity contribution in [3.05, 3.63) is 69.3 Å². The van der Waals surface area contributed by atoms with E-state index in [0.29, 0.717) is 12.8 Å². The summed E-state index contributed by atoms with van der Waals surface area (Å²) in [5.41, 5.74) is -0.886. The maximum absolute atomic E-state index is 13.4. The monoisotopic (exact) mass is 566 g/mol. The lowest BCUT2D eigenvalue weighted by Gasteiger charge is -2.40. The zero-order valence-corrected chi connectivity index (χ0v) is 20.7. The Bertz CT molecular complexity index is 1400. The highest BCUT2D eigenvalue weighted by Crippen LogP contribution is 3.02. The van der Waals surface area contributed by atoms with E-state index in [1.807, 2.05) is 6.07 Å². The number of ether oxygens (including phenoxy) is 1. The number of hydrogen-bond acceptors (Lipinski definition) is 5. The SMILES string of the molecule is COC(=O)C1(c2c(C#N)nn(-c3c(Cl)cc(S(F)(F)(F)(F)F)cc3Cl)c2NCc2ccccc2)CC1. The van der Waals surface area contributed by atoms with Gasteiger partial charge in [-0.3, -0.25) is 4.79 Å². The van der Waals surface area contributed by atoms with Crippen LogP contribution in [0.2, 0.25) is 10.0 Å². The molecule has 1 heterocycles. The molecular weight excluding hydrogens is 550 g/mol. The van der Waals surface area contributed by atoms with E-state index in [2.05, 4.69) is 10.4 Å². The summed E-state index contributed by atoms with van der Waals surface area (Å²) >= 11 is 12.1. The number of anilines is 1. The molecule has 1 saturated carbocycles. The first-order chi connectivity index (χ1) is 16.6. The van der Waals surface area contributed by atoms with E-state index >= 15 is 0 Å². The molecule has 36 heavy (non-hydrogen) atoms. The van der Waals surface area contributed by atoms with Gasteiger partial charge in [0, 0.05) is 6.54 Å². The van der Waals surface area contributed by atoms with Crippen molar-refractivity contribution in [1.82, 2.24) is 9.78 Å². The minimum Gasteiger partial charge on any atom is -0.468 e. The van der Waals surface area contributed by atoms with Gasteiger partial charge in [0.1, 0.15) is 22.5 Å². The van der Waals surface area contributed by atoms with Gasteiger partial charge in [-0.25, -0.2) is 4.68 Å². The quantitative estimate of drug-likeness (QED) is 0.236. The van der Waals surface area contributed by atoms with Gasteiger partial charge in [0.25, 0.3) is 0 Å². The Kier molecular flexibility index (Phi) is 5.79. The highest BCUT2D eigenvalue weighted by atomic mass is 35.5. The average molecular weight is 567 g/mol. The molecule has 4 rings (SSSR count). The summed E-state index contributed by atoms with van der Waals surface area (Å²) in [6.45, 7) is 0.153. The van der Waals surface area contributed by atoms with Crippen LogP contribution >= 0.6 is 33.4 Å². The molecule has 0 saturated heterocycles. The Morgan fingerprint density at radius 3 is 2.22 bits per heavy atom. The fraction of sp³-hybridized carbons (Fsp3) is 0.227. The van der Waals surface area contributed by atoms with Gasteiger partial charge in [-0.2, -0.15) is 10.4 Å². The molecule has 1 N–H and O–H groups in total. The molecule has 2 aromatic carbocycles. The highest BCUT2D eigenvalue weighted by molar-refractivity contribution is 8.45. The van der Waals surface area contributed by atoms with Crippen molar-refractivity contribution in [3.8, 4) is 11.8 Å². The Morgan fingerprint density at radius 1 is 1.17 bits per heavy atom. The summed E-state index contributed by atoms with van der Waals surface area (Å²) in [4.78, 5) is 10.4. The maximum atomic E-state index is 13.4. The van der Waals surface area contributed by atoms with Gasteiger partial charge in [-0.15, -0.1) is 0 Å². The summed E-state index contributed by atoms with van der Waals surface area (Å²) < 4.78 is 72.9. The molecule has 14 heteroatoms. The number of halogens is 7. The van der Waals surface area contributed by atoms with Gasteiger partial charge >= 0.3 is 16.2 Å². The number of nitriles is 1. The summed E-state index contributed by atoms with van der Waals surface area (Å²) in [6.07, 6.45) is 0.648. The van der Waals surface area contributed by atoms with Crippen molar-refractivity contribution < 1.29 is 29.0 Å². The van der Waals surface area contributed by atoms with E-state index in [0.717, 1.165) is 10.2 Å². The van der Waals surface area contributed by atoms with Crippen molar-refractivity contribution in [3.63, 3.8) is 0 Å². The molecule has 0 radical (unpaired) electrons. The van der Waals surface area contributed by atoms with E-state index in [1.54, 1.807) is 30.3 Å². The first-order valence-corrected chi connectivity index (χ1v) is 13.0. The second kappa shape index (κ2) is 7.99. The number of benzene rings is 2. The van der Waals surface area contributed by atoms with Crippen molar-refractivity contribution in [2.24, 2.45) is 0 Å². The molecule has 0 amide bonds. The fourth-order valence-electron chi connectivity index (χ4n) is 3.90. The number of methoxy groups -OCH3 is 1. The lowest BCUT2D eigenvalue weighted by atomic mass is 9.95. The van der Waals surface area contributed by atoms with Gasteiger partial charge in [-0.05, 0) is 30.5 Å². The number of carbonyl (C=O) groups is 1. The van der Waals surface area contributed by atoms with Crippen LogP contribution in [0.4, 0.5) is 25.2 Å². The Morgan fingerprint density at radius 2 is 1.75 bits per heavy atom. The number of aromatic nitrogens is 2. The topological polar surface area (TPSA) is 79.9 Å². The van der Waals surface area contributed by atoms with Crippen molar-refractivity contribution >= 4 is 45.2 Å². The average Bonchev–Trinajstić information content (AvgIpc) is 3.51. The van der Waals surface area contributed by atoms with E-state index in [1.165, 1.54) is 7.11 Å². The van der Waals surface area contributed by atoms with Crippen LogP contribution in [0.1, 0.15) is 29.7 Å². The van der Waals surface area contributed by atoms with Crippen molar-refractivity contribution in [2.75, 3.05) is 12.4 Å². The third-order valence-electron chi connectivity index (χ3n) is 5.75. The smallest absolute Gasteiger partial charge is 0.316 e. The summed E-state index contributed by atoms with van der Waals surface area (Å²) in [6, 6.07) is 10.9. The van der Waals surface area contributed by atoms with E-state index in [4.69, 9.17) is 27.9 Å². The van der Waals surface area contributed by atoms with Gasteiger partial charge in [-0.1, -0.05) is 73.0 Å². The Labute approximate surface area is 212 Å². The first-order valence-electron chi connectivity index (χ1n) is 10.2. The van der Waals surface area contributed by atoms with Crippen LogP contribution in [0.15, 0.2) is 47.4 Å². The third-order valence-corrected chi connectivity index (χ3v) is 7.45. The number of rotatable bonds is 7. The van der Waals surface area contributed by atoms with Crippen LogP contribution in [0.5, 0.6) is 0 Å². The molecule has 1 fully saturated rings. The lowest BCUT2D eigenvalue weighted by molar-refractivity contribution is -0.143. The maximum Gasteiger partial charge on any atom is 0.316 e. The van der Waals surface area contributed by atoms with Crippen LogP contribution < -0.4 is 5.32 Å². The standard InChI is InChI=1S/C22H17Cl2F5N4O2S/c1-35-21(34)22(7-8-22)18-17(11-30)32-33(20(18)31-12-13-5-3-2-4-6-13)19-15(23)9-14(10-16(19)24)36(25,26,27,28)29/h2-6,9-10,31H,7-8,12H2,1H3. The van der Waals surface area contributed by atoms with Gasteiger partial charge in [0.15, 0.2) is 5.69 Å². The number of nitrogens with one attached hydrogen (secondary N) is 1. The van der Waals surface area contributed by atoms with Crippen LogP contribution in [-0.2, 0) is 21.5 Å². The summed E-state index contributed by atoms with van der Waals surface area (Å²) in [7, 11) is -8.91. The Hall–Kier alpha value is -3.01. The number of carbonyl (C=O) groups excluding carboxylic acids is 1. The molecule has 3 aromatic rings. The molecule has 0 spiro atoms. The molecule has 192 valence electrons. The van der Waals surface area contributed by atoms with Gasteiger partial charge < -0.3 is 10.1 Å². The molecule has 0 unspecified atom stereocenters. The number of nitrogens with zero attached hydrogens (tertiary/aromatic N) is 3. The second-order valence-corrected chi connectivity index (χ2v) is 11.4. The molecule has 1 aliphatic rings. The molecule has 0 atom stereocenters. The first kappa shape index (κ1) is 26.1. The van der Waals surface area contributed by atoms with Crippen molar-refractivity contribution in [1.29, 1.82) is 5.26 Å². The van der Waals surface area contributed by atoms with Gasteiger partial charge in [0.05, 0.1) is 28.1 Å². The predicted molar refractivity (Wildman–Crippen MR) is 126 cm³/mol. The second-order valence-electron chi connectivity index (χ2n) is 8.21. The van der Waals surface area contributed by atoms with Gasteiger partial charge in [0.2, 0.25) is 0 Å². The third kappa shape index (κ3) is 4.70. The number of hydrogen-bond donors (Lipinski definition) is 1. The minimum absolute atomic E-state index is 0.0437. The van der Waals surface area contributed by atoms with E-state index in [9.17, 15) is 29.5 Å². The highest BCUT2D eigenvalue weighted by Gasteiger charge is 2.65. The lowest BCUT2D eigenvalue weighted by Crippen LogP contribution is -2.24. The van der Waals surface area contributed by atoms with E-state index < -0.39 is 36.5 Å². The normalized spacial score (nSPS) is 16.4. The number of esters is 1. The zero-order chi connectivity index (χ0) is 26.6. The van der Waals surface area contributed by atoms with Crippen LogP contribution in [0.3, 0.4) is 0 Å². The fourth-order valence-corrected chi connectivity index (χ4v) is 5.36. The van der Waals surface area contributed by atoms with Crippen LogP contribution in [0, 0.1) is 11.3 Å². The van der Waals surface area contributed by atoms with Crippen LogP contribution in [-0.4, -0.2) is 22.9 Å². The van der Waals surface area contributed by atoms with Crippen molar-refractivity contribution in [2.45, 2.75) is 29.7 Å². The molecule has 0 bridgehead atoms. The predicted octanol–water partition coefficient (Wildman–Crippen LogP) is 7.52. The van der Waals surface area contributed by atoms with E-state index in [-0.39, 0.29) is 41.4 Å². The zero-order valence-electron chi connectivity index (χ0n) is 18.4. The Balaban J connectivity index is 1.94. The van der Waals surface area contributed by atoms with Crippen LogP contribution in [0.25, 0.3) is 5.69 Å².